The third-order valence-corrected chi connectivity index (χ3v) is 7.79. The van der Waals surface area contributed by atoms with Gasteiger partial charge in [-0.05, 0) is 49.5 Å². The van der Waals surface area contributed by atoms with Crippen molar-refractivity contribution >= 4 is 38.8 Å². The zero-order valence-corrected chi connectivity index (χ0v) is 21.8. The van der Waals surface area contributed by atoms with Crippen LogP contribution < -0.4 is 9.62 Å². The number of benzene rings is 2. The molecule has 0 unspecified atom stereocenters. The molecule has 1 fully saturated rings. The van der Waals surface area contributed by atoms with E-state index in [0.29, 0.717) is 17.2 Å². The Labute approximate surface area is 216 Å². The lowest BCUT2D eigenvalue weighted by molar-refractivity contribution is 0.0664. The van der Waals surface area contributed by atoms with E-state index in [-0.39, 0.29) is 5.91 Å². The number of nitrogens with one attached hydrogen (secondary N) is 1. The summed E-state index contributed by atoms with van der Waals surface area (Å²) in [6.45, 7) is 3.21. The van der Waals surface area contributed by atoms with E-state index in [4.69, 9.17) is 0 Å². The fraction of sp³-hybridized carbons (Fsp3) is 0.269. The van der Waals surface area contributed by atoms with Gasteiger partial charge in [0.05, 0.1) is 29.4 Å². The van der Waals surface area contributed by atoms with Gasteiger partial charge < -0.3 is 15.1 Å². The molecule has 1 N–H and O–H groups in total. The molecule has 1 saturated heterocycles. The van der Waals surface area contributed by atoms with Crippen molar-refractivity contribution in [3.8, 4) is 11.3 Å². The van der Waals surface area contributed by atoms with Crippen LogP contribution >= 0.6 is 0 Å². The predicted molar refractivity (Wildman–Crippen MR) is 145 cm³/mol. The summed E-state index contributed by atoms with van der Waals surface area (Å²) in [5.74, 6) is 0.407. The number of aromatic nitrogens is 3. The van der Waals surface area contributed by atoms with Crippen LogP contribution in [0.3, 0.4) is 0 Å². The smallest absolute Gasteiger partial charge is 0.253 e. The normalized spacial score (nSPS) is 14.6. The van der Waals surface area contributed by atoms with Crippen molar-refractivity contribution in [2.24, 2.45) is 0 Å². The van der Waals surface area contributed by atoms with Crippen LogP contribution in [0.2, 0.25) is 0 Å². The van der Waals surface area contributed by atoms with Crippen molar-refractivity contribution < 1.29 is 13.2 Å². The maximum Gasteiger partial charge on any atom is 0.253 e. The molecule has 3 heterocycles. The number of carbonyl (C=O) groups is 1. The van der Waals surface area contributed by atoms with Crippen LogP contribution in [0.25, 0.3) is 16.8 Å². The van der Waals surface area contributed by atoms with E-state index in [2.05, 4.69) is 27.3 Å². The number of hydrogen-bond acceptors (Lipinski definition) is 7. The molecule has 11 heteroatoms. The van der Waals surface area contributed by atoms with Crippen molar-refractivity contribution in [3.63, 3.8) is 0 Å². The second-order valence-electron chi connectivity index (χ2n) is 9.18. The number of likely N-dealkylation sites (N-methyl/N-ethyl adjacent to an activating group) is 1. The number of fused-ring (bicyclic) bond motifs is 1. The molecule has 1 aliphatic rings. The molecule has 4 aromatic rings. The lowest BCUT2D eigenvalue weighted by Gasteiger charge is -2.32. The quantitative estimate of drug-likeness (QED) is 0.418. The first-order valence-corrected chi connectivity index (χ1v) is 13.8. The maximum absolute atomic E-state index is 12.8. The van der Waals surface area contributed by atoms with Crippen molar-refractivity contribution in [2.75, 3.05) is 56.2 Å². The van der Waals surface area contributed by atoms with Gasteiger partial charge in [-0.2, -0.15) is 0 Å². The van der Waals surface area contributed by atoms with Gasteiger partial charge in [0.15, 0.2) is 0 Å². The van der Waals surface area contributed by atoms with Crippen LogP contribution in [-0.4, -0.2) is 85.3 Å². The minimum Gasteiger partial charge on any atom is -0.336 e. The molecule has 2 aromatic heterocycles. The Hall–Kier alpha value is -3.96. The average Bonchev–Trinajstić information content (AvgIpc) is 3.31. The summed E-state index contributed by atoms with van der Waals surface area (Å²) in [4.78, 5) is 21.3. The molecule has 10 nitrogen and oxygen atoms in total. The average molecular weight is 520 g/mol. The molecular weight excluding hydrogens is 490 g/mol. The number of amides is 1. The van der Waals surface area contributed by atoms with E-state index in [9.17, 15) is 13.2 Å². The molecule has 0 saturated carbocycles. The number of piperazine rings is 1. The van der Waals surface area contributed by atoms with Crippen molar-refractivity contribution in [3.05, 3.63) is 72.4 Å². The fourth-order valence-corrected chi connectivity index (χ4v) is 4.84. The Morgan fingerprint density at radius 3 is 2.38 bits per heavy atom. The second-order valence-corrected chi connectivity index (χ2v) is 11.2. The van der Waals surface area contributed by atoms with Gasteiger partial charge in [-0.1, -0.05) is 18.2 Å². The molecule has 0 aliphatic carbocycles. The number of para-hydroxylation sites is 1. The standard InChI is InChI=1S/C26H29N7O3S/c1-30-14-16-32(17-15-30)25(34)19-8-10-20(11-9-19)28-26-27-18-21-12-13-24(33(21)29-26)22-6-4-5-7-23(22)31(2)37(3,35)36/h4-13,18H,14-17H2,1-3H3,(H,28,29). The summed E-state index contributed by atoms with van der Waals surface area (Å²) >= 11 is 0. The molecular formula is C26H29N7O3S. The highest BCUT2D eigenvalue weighted by molar-refractivity contribution is 7.92. The summed E-state index contributed by atoms with van der Waals surface area (Å²) in [5.41, 5.74) is 4.18. The Bertz CT molecular complexity index is 1540. The van der Waals surface area contributed by atoms with E-state index in [1.165, 1.54) is 17.6 Å². The van der Waals surface area contributed by atoms with E-state index in [1.54, 1.807) is 35.0 Å². The Kier molecular flexibility index (Phi) is 6.57. The number of carbonyl (C=O) groups excluding carboxylic acids is 1. The molecule has 1 aliphatic heterocycles. The van der Waals surface area contributed by atoms with E-state index in [0.717, 1.165) is 48.6 Å². The Morgan fingerprint density at radius 1 is 0.973 bits per heavy atom. The molecule has 0 radical (unpaired) electrons. The van der Waals surface area contributed by atoms with Crippen LogP contribution in [0.15, 0.2) is 66.9 Å². The largest absolute Gasteiger partial charge is 0.336 e. The summed E-state index contributed by atoms with van der Waals surface area (Å²) in [6.07, 6.45) is 2.88. The van der Waals surface area contributed by atoms with Gasteiger partial charge in [0.25, 0.3) is 5.91 Å². The van der Waals surface area contributed by atoms with Crippen LogP contribution in [-0.2, 0) is 10.0 Å². The first-order chi connectivity index (χ1) is 17.7. The molecule has 37 heavy (non-hydrogen) atoms. The third kappa shape index (κ3) is 5.13. The first-order valence-electron chi connectivity index (χ1n) is 11.9. The summed E-state index contributed by atoms with van der Waals surface area (Å²) in [5, 5.41) is 7.85. The van der Waals surface area contributed by atoms with Gasteiger partial charge in [-0.25, -0.2) is 17.9 Å². The van der Waals surface area contributed by atoms with E-state index in [1.807, 2.05) is 41.3 Å². The van der Waals surface area contributed by atoms with Gasteiger partial charge in [-0.3, -0.25) is 9.10 Å². The molecule has 0 spiro atoms. The van der Waals surface area contributed by atoms with Crippen molar-refractivity contribution in [2.45, 2.75) is 0 Å². The second kappa shape index (κ2) is 9.83. The van der Waals surface area contributed by atoms with Gasteiger partial charge in [0.1, 0.15) is 0 Å². The third-order valence-electron chi connectivity index (χ3n) is 6.59. The number of anilines is 3. The zero-order chi connectivity index (χ0) is 26.2. The summed E-state index contributed by atoms with van der Waals surface area (Å²) < 4.78 is 27.4. The molecule has 0 bridgehead atoms. The van der Waals surface area contributed by atoms with E-state index < -0.39 is 10.0 Å². The minimum atomic E-state index is -3.44. The summed E-state index contributed by atoms with van der Waals surface area (Å²) in [7, 11) is 0.151. The molecule has 192 valence electrons. The molecule has 2 aromatic carbocycles. The molecule has 0 atom stereocenters. The molecule has 1 amide bonds. The lowest BCUT2D eigenvalue weighted by Crippen LogP contribution is -2.47. The topological polar surface area (TPSA) is 103 Å². The fourth-order valence-electron chi connectivity index (χ4n) is 4.32. The first kappa shape index (κ1) is 24.7. The maximum atomic E-state index is 12.8. The molecule has 5 rings (SSSR count). The highest BCUT2D eigenvalue weighted by Crippen LogP contribution is 2.32. The predicted octanol–water partition coefficient (Wildman–Crippen LogP) is 2.92. The Balaban J connectivity index is 1.39. The van der Waals surface area contributed by atoms with Crippen LogP contribution in [0.1, 0.15) is 10.4 Å². The van der Waals surface area contributed by atoms with Crippen molar-refractivity contribution in [1.29, 1.82) is 0 Å². The number of hydrogen-bond donors (Lipinski definition) is 1. The lowest BCUT2D eigenvalue weighted by atomic mass is 10.1. The number of nitrogens with zero attached hydrogens (tertiary/aromatic N) is 6. The van der Waals surface area contributed by atoms with Gasteiger partial charge in [0.2, 0.25) is 16.0 Å². The van der Waals surface area contributed by atoms with Gasteiger partial charge in [0, 0.05) is 50.0 Å². The highest BCUT2D eigenvalue weighted by atomic mass is 32.2. The van der Waals surface area contributed by atoms with E-state index >= 15 is 0 Å². The van der Waals surface area contributed by atoms with Gasteiger partial charge in [-0.15, -0.1) is 5.10 Å². The zero-order valence-electron chi connectivity index (χ0n) is 21.0. The van der Waals surface area contributed by atoms with Crippen LogP contribution in [0, 0.1) is 0 Å². The monoisotopic (exact) mass is 519 g/mol. The highest BCUT2D eigenvalue weighted by Gasteiger charge is 2.21. The van der Waals surface area contributed by atoms with Crippen LogP contribution in [0.4, 0.5) is 17.3 Å². The van der Waals surface area contributed by atoms with Crippen LogP contribution in [0.5, 0.6) is 0 Å². The SMILES string of the molecule is CN1CCN(C(=O)c2ccc(Nc3ncc4ccc(-c5ccccc5N(C)S(C)(=O)=O)n4n3)cc2)CC1. The number of rotatable bonds is 6. The summed E-state index contributed by atoms with van der Waals surface area (Å²) in [6, 6.07) is 18.4. The van der Waals surface area contributed by atoms with Gasteiger partial charge >= 0.3 is 0 Å². The van der Waals surface area contributed by atoms with Crippen molar-refractivity contribution in [1.82, 2.24) is 24.4 Å². The Morgan fingerprint density at radius 2 is 1.68 bits per heavy atom. The minimum absolute atomic E-state index is 0.0343. The number of sulfonamides is 1.